The first-order valence-electron chi connectivity index (χ1n) is 6.17. The van der Waals surface area contributed by atoms with Gasteiger partial charge in [-0.15, -0.1) is 0 Å². The molecule has 21 heavy (non-hydrogen) atoms. The SMILES string of the molecule is C[C@@H](NS(C)(=O)=O)C(=O)NC(C)(C)c1ccc(F)cc1Cl. The monoisotopic (exact) mass is 336 g/mol. The van der Waals surface area contributed by atoms with Crippen LogP contribution in [-0.4, -0.2) is 26.6 Å². The van der Waals surface area contributed by atoms with Crippen molar-refractivity contribution in [2.24, 2.45) is 0 Å². The Morgan fingerprint density at radius 3 is 2.43 bits per heavy atom. The molecule has 1 aromatic rings. The first kappa shape index (κ1) is 17.9. The van der Waals surface area contributed by atoms with E-state index >= 15 is 0 Å². The van der Waals surface area contributed by atoms with E-state index in [-0.39, 0.29) is 5.02 Å². The van der Waals surface area contributed by atoms with Crippen molar-refractivity contribution < 1.29 is 17.6 Å². The summed E-state index contributed by atoms with van der Waals surface area (Å²) in [5, 5.41) is 2.87. The Hall–Kier alpha value is -1.18. The van der Waals surface area contributed by atoms with Gasteiger partial charge in [0.2, 0.25) is 15.9 Å². The Labute approximate surface area is 128 Å². The smallest absolute Gasteiger partial charge is 0.238 e. The third kappa shape index (κ3) is 5.26. The topological polar surface area (TPSA) is 75.3 Å². The molecule has 1 amide bonds. The Bertz CT molecular complexity index is 647. The number of carbonyl (C=O) groups excluding carboxylic acids is 1. The van der Waals surface area contributed by atoms with E-state index in [0.29, 0.717) is 5.56 Å². The van der Waals surface area contributed by atoms with E-state index in [9.17, 15) is 17.6 Å². The van der Waals surface area contributed by atoms with E-state index in [1.807, 2.05) is 0 Å². The highest BCUT2D eigenvalue weighted by Crippen LogP contribution is 2.28. The fourth-order valence-electron chi connectivity index (χ4n) is 1.85. The molecule has 5 nitrogen and oxygen atoms in total. The zero-order chi connectivity index (χ0) is 16.4. The predicted octanol–water partition coefficient (Wildman–Crippen LogP) is 1.77. The van der Waals surface area contributed by atoms with Gasteiger partial charge in [-0.1, -0.05) is 17.7 Å². The van der Waals surface area contributed by atoms with E-state index in [0.717, 1.165) is 12.3 Å². The van der Waals surface area contributed by atoms with Crippen molar-refractivity contribution in [3.05, 3.63) is 34.6 Å². The summed E-state index contributed by atoms with van der Waals surface area (Å²) < 4.78 is 37.5. The molecule has 0 aliphatic rings. The van der Waals surface area contributed by atoms with Crippen LogP contribution in [0.1, 0.15) is 26.3 Å². The van der Waals surface area contributed by atoms with E-state index in [4.69, 9.17) is 11.6 Å². The molecule has 1 rings (SSSR count). The van der Waals surface area contributed by atoms with Crippen LogP contribution in [0.25, 0.3) is 0 Å². The molecule has 0 unspecified atom stereocenters. The predicted molar refractivity (Wildman–Crippen MR) is 80.0 cm³/mol. The molecule has 2 N–H and O–H groups in total. The highest BCUT2D eigenvalue weighted by atomic mass is 35.5. The quantitative estimate of drug-likeness (QED) is 0.860. The molecule has 0 radical (unpaired) electrons. The zero-order valence-corrected chi connectivity index (χ0v) is 13.8. The molecule has 8 heteroatoms. The summed E-state index contributed by atoms with van der Waals surface area (Å²) in [6.07, 6.45) is 0.971. The number of benzene rings is 1. The van der Waals surface area contributed by atoms with E-state index in [2.05, 4.69) is 10.0 Å². The number of carbonyl (C=O) groups is 1. The van der Waals surface area contributed by atoms with E-state index in [1.165, 1.54) is 19.1 Å². The van der Waals surface area contributed by atoms with Crippen molar-refractivity contribution in [2.45, 2.75) is 32.4 Å². The van der Waals surface area contributed by atoms with Crippen molar-refractivity contribution in [2.75, 3.05) is 6.26 Å². The number of sulfonamides is 1. The van der Waals surface area contributed by atoms with Crippen LogP contribution in [0.2, 0.25) is 5.02 Å². The first-order chi connectivity index (χ1) is 9.42. The summed E-state index contributed by atoms with van der Waals surface area (Å²) in [6.45, 7) is 4.81. The second kappa shape index (κ2) is 6.29. The standard InChI is InChI=1S/C13H18ClFN2O3S/c1-8(17-21(4,19)20)12(18)16-13(2,3)10-6-5-9(15)7-11(10)14/h5-8,17H,1-4H3,(H,16,18)/t8-/m1/s1. The van der Waals surface area contributed by atoms with Crippen molar-refractivity contribution >= 4 is 27.5 Å². The van der Waals surface area contributed by atoms with Gasteiger partial charge >= 0.3 is 0 Å². The Morgan fingerprint density at radius 2 is 1.95 bits per heavy atom. The van der Waals surface area contributed by atoms with Crippen molar-refractivity contribution in [1.82, 2.24) is 10.0 Å². The number of amides is 1. The molecule has 0 fully saturated rings. The molecule has 0 saturated heterocycles. The second-order valence-corrected chi connectivity index (χ2v) is 7.54. The average Bonchev–Trinajstić information content (AvgIpc) is 2.24. The Kier molecular flexibility index (Phi) is 5.35. The fraction of sp³-hybridized carbons (Fsp3) is 0.462. The van der Waals surface area contributed by atoms with Gasteiger partial charge in [-0.05, 0) is 38.5 Å². The number of halogens is 2. The number of nitrogens with one attached hydrogen (secondary N) is 2. The third-order valence-corrected chi connectivity index (χ3v) is 3.92. The molecule has 0 aliphatic carbocycles. The van der Waals surface area contributed by atoms with Crippen LogP contribution in [0, 0.1) is 5.82 Å². The zero-order valence-electron chi connectivity index (χ0n) is 12.2. The van der Waals surface area contributed by atoms with Gasteiger partial charge in [0.15, 0.2) is 0 Å². The lowest BCUT2D eigenvalue weighted by molar-refractivity contribution is -0.124. The second-order valence-electron chi connectivity index (χ2n) is 5.35. The molecular formula is C13H18ClFN2O3S. The minimum Gasteiger partial charge on any atom is -0.346 e. The van der Waals surface area contributed by atoms with Crippen LogP contribution < -0.4 is 10.0 Å². The lowest BCUT2D eigenvalue weighted by Gasteiger charge is -2.29. The maximum atomic E-state index is 13.1. The lowest BCUT2D eigenvalue weighted by atomic mass is 9.93. The van der Waals surface area contributed by atoms with E-state index < -0.39 is 33.3 Å². The number of hydrogen-bond donors (Lipinski definition) is 2. The summed E-state index contributed by atoms with van der Waals surface area (Å²) in [4.78, 5) is 12.0. The molecule has 0 bridgehead atoms. The fourth-order valence-corrected chi connectivity index (χ4v) is 3.01. The van der Waals surface area contributed by atoms with Gasteiger partial charge in [-0.2, -0.15) is 0 Å². The summed E-state index contributed by atoms with van der Waals surface area (Å²) in [6, 6.07) is 2.95. The van der Waals surface area contributed by atoms with Gasteiger partial charge in [0.25, 0.3) is 0 Å². The highest BCUT2D eigenvalue weighted by molar-refractivity contribution is 7.88. The van der Waals surface area contributed by atoms with Crippen LogP contribution in [0.15, 0.2) is 18.2 Å². The maximum Gasteiger partial charge on any atom is 0.238 e. The third-order valence-electron chi connectivity index (χ3n) is 2.82. The van der Waals surface area contributed by atoms with Crippen LogP contribution >= 0.6 is 11.6 Å². The summed E-state index contributed by atoms with van der Waals surface area (Å²) in [7, 11) is -3.49. The van der Waals surface area contributed by atoms with Crippen LogP contribution in [-0.2, 0) is 20.4 Å². The molecule has 1 atom stereocenters. The first-order valence-corrected chi connectivity index (χ1v) is 8.44. The van der Waals surface area contributed by atoms with Gasteiger partial charge in [0.1, 0.15) is 5.82 Å². The highest BCUT2D eigenvalue weighted by Gasteiger charge is 2.28. The Balaban J connectivity index is 2.91. The lowest BCUT2D eigenvalue weighted by Crippen LogP contribution is -2.50. The minimum atomic E-state index is -3.49. The molecule has 0 aromatic heterocycles. The van der Waals surface area contributed by atoms with Gasteiger partial charge in [0.05, 0.1) is 17.8 Å². The molecule has 0 aliphatic heterocycles. The molecule has 0 heterocycles. The van der Waals surface area contributed by atoms with Crippen LogP contribution in [0.3, 0.4) is 0 Å². The normalized spacial score (nSPS) is 13.8. The molecule has 0 saturated carbocycles. The van der Waals surface area contributed by atoms with Crippen molar-refractivity contribution in [3.8, 4) is 0 Å². The average molecular weight is 337 g/mol. The van der Waals surface area contributed by atoms with Crippen molar-refractivity contribution in [3.63, 3.8) is 0 Å². The molecular weight excluding hydrogens is 319 g/mol. The largest absolute Gasteiger partial charge is 0.346 e. The van der Waals surface area contributed by atoms with Crippen LogP contribution in [0.5, 0.6) is 0 Å². The summed E-state index contributed by atoms with van der Waals surface area (Å²) >= 11 is 5.98. The van der Waals surface area contributed by atoms with Gasteiger partial charge in [-0.25, -0.2) is 17.5 Å². The van der Waals surface area contributed by atoms with Gasteiger partial charge in [-0.3, -0.25) is 4.79 Å². The summed E-state index contributed by atoms with van der Waals surface area (Å²) in [5.41, 5.74) is -0.347. The maximum absolute atomic E-state index is 13.1. The number of hydrogen-bond acceptors (Lipinski definition) is 3. The minimum absolute atomic E-state index is 0.184. The molecule has 118 valence electrons. The Morgan fingerprint density at radius 1 is 1.38 bits per heavy atom. The molecule has 1 aromatic carbocycles. The molecule has 0 spiro atoms. The van der Waals surface area contributed by atoms with Crippen LogP contribution in [0.4, 0.5) is 4.39 Å². The van der Waals surface area contributed by atoms with Gasteiger partial charge in [0, 0.05) is 5.02 Å². The van der Waals surface area contributed by atoms with E-state index in [1.54, 1.807) is 13.8 Å². The van der Waals surface area contributed by atoms with Gasteiger partial charge < -0.3 is 5.32 Å². The summed E-state index contributed by atoms with van der Waals surface area (Å²) in [5.74, 6) is -0.983. The number of rotatable bonds is 5. The van der Waals surface area contributed by atoms with Crippen molar-refractivity contribution in [1.29, 1.82) is 0 Å².